The summed E-state index contributed by atoms with van der Waals surface area (Å²) in [5.74, 6) is 0.101. The number of hydrogen-bond donors (Lipinski definition) is 2. The molecule has 1 saturated carbocycles. The van der Waals surface area contributed by atoms with E-state index < -0.39 is 0 Å². The van der Waals surface area contributed by atoms with Crippen molar-refractivity contribution in [2.24, 2.45) is 11.7 Å². The number of nitrogens with one attached hydrogen (secondary N) is 1. The standard InChI is InChI=1S/C20H31N3O.2ClH/c1-15(23-12-10-16-7-3-4-8-17(16)14-23)13-22-19(24)18-9-5-6-11-20(18,2)21;;/h3-4,7-8,15,18H,5-6,9-14,21H2,1-2H3,(H,22,24);2*1H. The van der Waals surface area contributed by atoms with Crippen LogP contribution in [0.15, 0.2) is 24.3 Å². The first-order valence-electron chi connectivity index (χ1n) is 9.35. The van der Waals surface area contributed by atoms with Gasteiger partial charge in [-0.25, -0.2) is 0 Å². The fourth-order valence-electron chi connectivity index (χ4n) is 4.18. The van der Waals surface area contributed by atoms with Crippen LogP contribution in [0.2, 0.25) is 0 Å². The molecule has 3 N–H and O–H groups in total. The van der Waals surface area contributed by atoms with Crippen LogP contribution in [-0.2, 0) is 17.8 Å². The van der Waals surface area contributed by atoms with Crippen LogP contribution in [0.5, 0.6) is 0 Å². The molecule has 0 aromatic heterocycles. The van der Waals surface area contributed by atoms with E-state index in [4.69, 9.17) is 5.73 Å². The van der Waals surface area contributed by atoms with E-state index in [1.54, 1.807) is 0 Å². The summed E-state index contributed by atoms with van der Waals surface area (Å²) >= 11 is 0. The zero-order valence-electron chi connectivity index (χ0n) is 15.9. The zero-order chi connectivity index (χ0) is 17.2. The number of benzene rings is 1. The number of rotatable bonds is 4. The average molecular weight is 402 g/mol. The number of hydrogen-bond acceptors (Lipinski definition) is 3. The average Bonchev–Trinajstić information content (AvgIpc) is 2.58. The topological polar surface area (TPSA) is 58.4 Å². The minimum Gasteiger partial charge on any atom is -0.354 e. The van der Waals surface area contributed by atoms with Crippen LogP contribution in [-0.4, -0.2) is 35.5 Å². The molecule has 1 amide bonds. The van der Waals surface area contributed by atoms with Gasteiger partial charge in [0.15, 0.2) is 0 Å². The van der Waals surface area contributed by atoms with Gasteiger partial charge < -0.3 is 11.1 Å². The number of carbonyl (C=O) groups excluding carboxylic acids is 1. The Morgan fingerprint density at radius 1 is 1.31 bits per heavy atom. The molecule has 2 aliphatic rings. The Hall–Kier alpha value is -0.810. The number of amides is 1. The normalized spacial score (nSPS) is 26.7. The van der Waals surface area contributed by atoms with E-state index in [1.165, 1.54) is 11.1 Å². The van der Waals surface area contributed by atoms with Crippen LogP contribution in [0.4, 0.5) is 0 Å². The second-order valence-electron chi connectivity index (χ2n) is 7.89. The summed E-state index contributed by atoms with van der Waals surface area (Å²) in [7, 11) is 0. The molecule has 1 aromatic rings. The fraction of sp³-hybridized carbons (Fsp3) is 0.650. The van der Waals surface area contributed by atoms with E-state index in [-0.39, 0.29) is 42.2 Å². The third-order valence-electron chi connectivity index (χ3n) is 5.93. The zero-order valence-corrected chi connectivity index (χ0v) is 17.5. The molecule has 148 valence electrons. The van der Waals surface area contributed by atoms with E-state index in [1.807, 2.05) is 6.92 Å². The lowest BCUT2D eigenvalue weighted by molar-refractivity contribution is -0.128. The molecule has 1 fully saturated rings. The quantitative estimate of drug-likeness (QED) is 0.813. The lowest BCUT2D eigenvalue weighted by Crippen LogP contribution is -2.54. The summed E-state index contributed by atoms with van der Waals surface area (Å²) in [6.45, 7) is 6.98. The molecule has 26 heavy (non-hydrogen) atoms. The Balaban J connectivity index is 0.00000169. The smallest absolute Gasteiger partial charge is 0.225 e. The van der Waals surface area contributed by atoms with E-state index in [0.29, 0.717) is 12.6 Å². The molecule has 3 atom stereocenters. The number of nitrogens with two attached hydrogens (primary N) is 1. The van der Waals surface area contributed by atoms with Gasteiger partial charge in [-0.2, -0.15) is 0 Å². The summed E-state index contributed by atoms with van der Waals surface area (Å²) in [4.78, 5) is 15.1. The molecule has 0 spiro atoms. The first kappa shape index (κ1) is 23.2. The lowest BCUT2D eigenvalue weighted by Gasteiger charge is -2.38. The van der Waals surface area contributed by atoms with Gasteiger partial charge in [0.1, 0.15) is 0 Å². The van der Waals surface area contributed by atoms with Crippen molar-refractivity contribution in [1.82, 2.24) is 10.2 Å². The van der Waals surface area contributed by atoms with Crippen molar-refractivity contribution < 1.29 is 4.79 Å². The first-order valence-corrected chi connectivity index (χ1v) is 9.35. The van der Waals surface area contributed by atoms with Crippen LogP contribution < -0.4 is 11.1 Å². The summed E-state index contributed by atoms with van der Waals surface area (Å²) in [5, 5.41) is 3.17. The van der Waals surface area contributed by atoms with E-state index in [2.05, 4.69) is 41.4 Å². The van der Waals surface area contributed by atoms with E-state index in [0.717, 1.165) is 45.2 Å². The number of halogens is 2. The van der Waals surface area contributed by atoms with Crippen molar-refractivity contribution in [2.75, 3.05) is 13.1 Å². The Kier molecular flexibility index (Phi) is 8.87. The van der Waals surface area contributed by atoms with Gasteiger partial charge in [-0.05, 0) is 44.2 Å². The first-order chi connectivity index (χ1) is 11.5. The van der Waals surface area contributed by atoms with Crippen LogP contribution in [0.3, 0.4) is 0 Å². The van der Waals surface area contributed by atoms with Crippen molar-refractivity contribution in [2.45, 2.75) is 64.1 Å². The molecule has 1 heterocycles. The fourth-order valence-corrected chi connectivity index (χ4v) is 4.18. The number of nitrogens with zero attached hydrogens (tertiary/aromatic N) is 1. The predicted octanol–water partition coefficient (Wildman–Crippen LogP) is 3.30. The Bertz CT molecular complexity index is 594. The molecule has 0 bridgehead atoms. The van der Waals surface area contributed by atoms with Gasteiger partial charge in [-0.3, -0.25) is 9.69 Å². The molecule has 4 nitrogen and oxygen atoms in total. The van der Waals surface area contributed by atoms with E-state index in [9.17, 15) is 4.79 Å². The van der Waals surface area contributed by atoms with E-state index >= 15 is 0 Å². The molecule has 1 aliphatic heterocycles. The summed E-state index contributed by atoms with van der Waals surface area (Å²) in [6, 6.07) is 9.01. The molecule has 3 rings (SSSR count). The van der Waals surface area contributed by atoms with Crippen LogP contribution >= 0.6 is 24.8 Å². The van der Waals surface area contributed by atoms with Gasteiger partial charge in [0.05, 0.1) is 5.92 Å². The highest BCUT2D eigenvalue weighted by molar-refractivity contribution is 5.85. The van der Waals surface area contributed by atoms with Gasteiger partial charge >= 0.3 is 0 Å². The summed E-state index contributed by atoms with van der Waals surface area (Å²) in [5.41, 5.74) is 8.89. The van der Waals surface area contributed by atoms with Crippen molar-refractivity contribution >= 4 is 30.7 Å². The molecule has 1 aliphatic carbocycles. The highest BCUT2D eigenvalue weighted by Gasteiger charge is 2.37. The van der Waals surface area contributed by atoms with Crippen LogP contribution in [0.1, 0.15) is 50.7 Å². The second kappa shape index (κ2) is 9.93. The van der Waals surface area contributed by atoms with Gasteiger partial charge in [0, 0.05) is 31.2 Å². The van der Waals surface area contributed by atoms with Crippen molar-refractivity contribution in [1.29, 1.82) is 0 Å². The SMILES string of the molecule is CC(CNC(=O)C1CCCCC1(C)N)N1CCc2ccccc2C1.Cl.Cl. The Morgan fingerprint density at radius 2 is 2.00 bits per heavy atom. The maximum atomic E-state index is 12.6. The molecule has 1 aromatic carbocycles. The van der Waals surface area contributed by atoms with Crippen molar-refractivity contribution in [3.8, 4) is 0 Å². The molecular weight excluding hydrogens is 369 g/mol. The Morgan fingerprint density at radius 3 is 2.69 bits per heavy atom. The third kappa shape index (κ3) is 5.35. The monoisotopic (exact) mass is 401 g/mol. The maximum absolute atomic E-state index is 12.6. The van der Waals surface area contributed by atoms with Gasteiger partial charge in [-0.1, -0.05) is 37.1 Å². The maximum Gasteiger partial charge on any atom is 0.225 e. The molecule has 0 radical (unpaired) electrons. The minimum absolute atomic E-state index is 0. The van der Waals surface area contributed by atoms with Gasteiger partial charge in [0.2, 0.25) is 5.91 Å². The summed E-state index contributed by atoms with van der Waals surface area (Å²) in [6.07, 6.45) is 5.22. The predicted molar refractivity (Wildman–Crippen MR) is 112 cm³/mol. The highest BCUT2D eigenvalue weighted by Crippen LogP contribution is 2.31. The Labute approximate surface area is 170 Å². The molecular formula is C20H33Cl2N3O. The lowest BCUT2D eigenvalue weighted by atomic mass is 9.74. The third-order valence-corrected chi connectivity index (χ3v) is 5.93. The van der Waals surface area contributed by atoms with Crippen LogP contribution in [0, 0.1) is 5.92 Å². The van der Waals surface area contributed by atoms with Crippen molar-refractivity contribution in [3.63, 3.8) is 0 Å². The van der Waals surface area contributed by atoms with Crippen LogP contribution in [0.25, 0.3) is 0 Å². The highest BCUT2D eigenvalue weighted by atomic mass is 35.5. The number of fused-ring (bicyclic) bond motifs is 1. The minimum atomic E-state index is -0.352. The van der Waals surface area contributed by atoms with Gasteiger partial charge in [-0.15, -0.1) is 24.8 Å². The van der Waals surface area contributed by atoms with Crippen molar-refractivity contribution in [3.05, 3.63) is 35.4 Å². The second-order valence-corrected chi connectivity index (χ2v) is 7.89. The summed E-state index contributed by atoms with van der Waals surface area (Å²) < 4.78 is 0. The molecule has 6 heteroatoms. The number of carbonyl (C=O) groups is 1. The van der Waals surface area contributed by atoms with Gasteiger partial charge in [0.25, 0.3) is 0 Å². The molecule has 3 unspecified atom stereocenters. The largest absolute Gasteiger partial charge is 0.354 e. The molecule has 0 saturated heterocycles.